The van der Waals surface area contributed by atoms with Crippen molar-refractivity contribution in [3.8, 4) is 0 Å². The largest absolute Gasteiger partial charge is 0.481 e. The number of nitrogens with zero attached hydrogens (tertiary/aromatic N) is 1. The molecule has 1 aliphatic heterocycles. The standard InChI is InChI=1S/C14H21NO4/c1-5-14(6-2,12(18)19)7-15-10(16)8-9(11(15)17)13(8,3)4/h8-9H,5-7H2,1-4H3,(H,18,19). The molecule has 2 rings (SSSR count). The normalized spacial score (nSPS) is 28.5. The Morgan fingerprint density at radius 3 is 1.95 bits per heavy atom. The van der Waals surface area contributed by atoms with Gasteiger partial charge in [-0.15, -0.1) is 0 Å². The summed E-state index contributed by atoms with van der Waals surface area (Å²) in [5.74, 6) is -1.78. The van der Waals surface area contributed by atoms with Gasteiger partial charge < -0.3 is 5.11 Å². The fraction of sp³-hybridized carbons (Fsp3) is 0.786. The van der Waals surface area contributed by atoms with Crippen LogP contribution in [0.5, 0.6) is 0 Å². The van der Waals surface area contributed by atoms with Crippen LogP contribution in [-0.2, 0) is 14.4 Å². The molecule has 2 unspecified atom stereocenters. The van der Waals surface area contributed by atoms with Crippen molar-refractivity contribution in [3.05, 3.63) is 0 Å². The van der Waals surface area contributed by atoms with Crippen LogP contribution in [0.25, 0.3) is 0 Å². The lowest BCUT2D eigenvalue weighted by Gasteiger charge is -2.32. The summed E-state index contributed by atoms with van der Waals surface area (Å²) >= 11 is 0. The molecule has 1 saturated heterocycles. The number of imide groups is 1. The quantitative estimate of drug-likeness (QED) is 0.766. The third kappa shape index (κ3) is 1.70. The van der Waals surface area contributed by atoms with Crippen molar-refractivity contribution >= 4 is 17.8 Å². The second-order valence-corrected chi connectivity index (χ2v) is 6.33. The van der Waals surface area contributed by atoms with E-state index in [1.165, 1.54) is 4.90 Å². The highest BCUT2D eigenvalue weighted by atomic mass is 16.4. The van der Waals surface area contributed by atoms with Gasteiger partial charge in [0, 0.05) is 6.54 Å². The third-order valence-corrected chi connectivity index (χ3v) is 5.16. The number of amides is 2. The summed E-state index contributed by atoms with van der Waals surface area (Å²) in [5.41, 5.74) is -1.25. The smallest absolute Gasteiger partial charge is 0.311 e. The Labute approximate surface area is 113 Å². The maximum atomic E-state index is 12.2. The Balaban J connectivity index is 2.20. The number of fused-ring (bicyclic) bond motifs is 1. The molecule has 2 aliphatic rings. The third-order valence-electron chi connectivity index (χ3n) is 5.16. The zero-order valence-electron chi connectivity index (χ0n) is 11.9. The van der Waals surface area contributed by atoms with Gasteiger partial charge in [-0.05, 0) is 18.3 Å². The van der Waals surface area contributed by atoms with Crippen molar-refractivity contribution in [1.82, 2.24) is 4.90 Å². The second-order valence-electron chi connectivity index (χ2n) is 6.33. The van der Waals surface area contributed by atoms with Gasteiger partial charge in [0.25, 0.3) is 0 Å². The summed E-state index contributed by atoms with van der Waals surface area (Å²) < 4.78 is 0. The van der Waals surface area contributed by atoms with Gasteiger partial charge in [0.1, 0.15) is 0 Å². The Morgan fingerprint density at radius 1 is 1.21 bits per heavy atom. The first-order valence-electron chi connectivity index (χ1n) is 6.81. The zero-order chi connectivity index (χ0) is 14.6. The molecule has 1 saturated carbocycles. The minimum atomic E-state index is -1.01. The molecule has 0 bridgehead atoms. The molecule has 1 aliphatic carbocycles. The minimum absolute atomic E-state index is 0.0100. The summed E-state index contributed by atoms with van der Waals surface area (Å²) in [6.45, 7) is 7.41. The van der Waals surface area contributed by atoms with Gasteiger partial charge in [-0.3, -0.25) is 19.3 Å². The molecule has 0 radical (unpaired) electrons. The monoisotopic (exact) mass is 267 g/mol. The number of hydrogen-bond donors (Lipinski definition) is 1. The van der Waals surface area contributed by atoms with E-state index in [1.54, 1.807) is 13.8 Å². The van der Waals surface area contributed by atoms with E-state index in [2.05, 4.69) is 0 Å². The lowest BCUT2D eigenvalue weighted by molar-refractivity contribution is -0.154. The van der Waals surface area contributed by atoms with Crippen molar-refractivity contribution in [1.29, 1.82) is 0 Å². The van der Waals surface area contributed by atoms with E-state index in [0.717, 1.165) is 0 Å². The van der Waals surface area contributed by atoms with Gasteiger partial charge in [0.2, 0.25) is 11.8 Å². The SMILES string of the molecule is CCC(CC)(CN1C(=O)C2C(C1=O)C2(C)C)C(=O)O. The topological polar surface area (TPSA) is 74.7 Å². The van der Waals surface area contributed by atoms with Gasteiger partial charge in [0.15, 0.2) is 0 Å². The fourth-order valence-corrected chi connectivity index (χ4v) is 3.31. The Hall–Kier alpha value is -1.39. The van der Waals surface area contributed by atoms with Gasteiger partial charge in [-0.1, -0.05) is 27.7 Å². The van der Waals surface area contributed by atoms with Crippen molar-refractivity contribution in [2.45, 2.75) is 40.5 Å². The van der Waals surface area contributed by atoms with Gasteiger partial charge >= 0.3 is 5.97 Å². The van der Waals surface area contributed by atoms with Gasteiger partial charge in [-0.25, -0.2) is 0 Å². The summed E-state index contributed by atoms with van der Waals surface area (Å²) in [6, 6.07) is 0. The lowest BCUT2D eigenvalue weighted by atomic mass is 9.81. The highest BCUT2D eigenvalue weighted by Gasteiger charge is 2.72. The van der Waals surface area contributed by atoms with Crippen molar-refractivity contribution in [2.24, 2.45) is 22.7 Å². The van der Waals surface area contributed by atoms with Crippen LogP contribution in [0.2, 0.25) is 0 Å². The van der Waals surface area contributed by atoms with E-state index in [0.29, 0.717) is 12.8 Å². The van der Waals surface area contributed by atoms with Gasteiger partial charge in [-0.2, -0.15) is 0 Å². The fourth-order valence-electron chi connectivity index (χ4n) is 3.31. The summed E-state index contributed by atoms with van der Waals surface area (Å²) in [6.07, 6.45) is 0.823. The van der Waals surface area contributed by atoms with Crippen LogP contribution >= 0.6 is 0 Å². The van der Waals surface area contributed by atoms with Crippen LogP contribution < -0.4 is 0 Å². The molecule has 5 nitrogen and oxygen atoms in total. The van der Waals surface area contributed by atoms with Crippen molar-refractivity contribution in [3.63, 3.8) is 0 Å². The molecule has 0 aromatic heterocycles. The summed E-state index contributed by atoms with van der Waals surface area (Å²) in [5, 5.41) is 9.39. The molecule has 1 heterocycles. The average molecular weight is 267 g/mol. The average Bonchev–Trinajstić information content (AvgIpc) is 2.81. The van der Waals surface area contributed by atoms with Crippen LogP contribution in [-0.4, -0.2) is 34.3 Å². The highest BCUT2D eigenvalue weighted by molar-refractivity contribution is 6.10. The first-order valence-corrected chi connectivity index (χ1v) is 6.81. The molecule has 19 heavy (non-hydrogen) atoms. The van der Waals surface area contributed by atoms with Crippen LogP contribution in [0, 0.1) is 22.7 Å². The molecular weight excluding hydrogens is 246 g/mol. The number of rotatable bonds is 5. The van der Waals surface area contributed by atoms with E-state index in [-0.39, 0.29) is 35.6 Å². The maximum Gasteiger partial charge on any atom is 0.311 e. The van der Waals surface area contributed by atoms with Crippen LogP contribution in [0.4, 0.5) is 0 Å². The van der Waals surface area contributed by atoms with Crippen LogP contribution in [0.15, 0.2) is 0 Å². The summed E-state index contributed by atoms with van der Waals surface area (Å²) in [4.78, 5) is 37.1. The van der Waals surface area contributed by atoms with Crippen molar-refractivity contribution in [2.75, 3.05) is 6.54 Å². The van der Waals surface area contributed by atoms with E-state index >= 15 is 0 Å². The maximum absolute atomic E-state index is 12.2. The molecule has 2 amide bonds. The molecule has 0 aromatic carbocycles. The first kappa shape index (κ1) is 14.0. The Bertz CT molecular complexity index is 426. The van der Waals surface area contributed by atoms with Crippen LogP contribution in [0.1, 0.15) is 40.5 Å². The predicted molar refractivity (Wildman–Crippen MR) is 68.1 cm³/mol. The number of carbonyl (C=O) groups excluding carboxylic acids is 2. The number of aliphatic carboxylic acids is 1. The van der Waals surface area contributed by atoms with Crippen molar-refractivity contribution < 1.29 is 19.5 Å². The van der Waals surface area contributed by atoms with E-state index in [9.17, 15) is 19.5 Å². The number of likely N-dealkylation sites (tertiary alicyclic amines) is 1. The van der Waals surface area contributed by atoms with E-state index < -0.39 is 11.4 Å². The number of piperidine rings is 1. The van der Waals surface area contributed by atoms with E-state index in [1.807, 2.05) is 13.8 Å². The molecule has 2 atom stereocenters. The Morgan fingerprint density at radius 2 is 1.63 bits per heavy atom. The first-order chi connectivity index (χ1) is 8.73. The number of carboxylic acid groups (broad SMARTS) is 1. The lowest BCUT2D eigenvalue weighted by Crippen LogP contribution is -2.47. The van der Waals surface area contributed by atoms with E-state index in [4.69, 9.17) is 0 Å². The number of carboxylic acids is 1. The molecule has 0 spiro atoms. The molecule has 5 heteroatoms. The zero-order valence-corrected chi connectivity index (χ0v) is 11.9. The number of hydrogen-bond acceptors (Lipinski definition) is 3. The van der Waals surface area contributed by atoms with Gasteiger partial charge in [0.05, 0.1) is 17.3 Å². The molecule has 2 fully saturated rings. The molecule has 1 N–H and O–H groups in total. The van der Waals surface area contributed by atoms with Crippen LogP contribution in [0.3, 0.4) is 0 Å². The second kappa shape index (κ2) is 4.05. The minimum Gasteiger partial charge on any atom is -0.481 e. The summed E-state index contributed by atoms with van der Waals surface area (Å²) in [7, 11) is 0. The molecular formula is C14H21NO4. The Kier molecular flexibility index (Phi) is 2.99. The molecule has 0 aromatic rings. The molecule has 106 valence electrons. The predicted octanol–water partition coefficient (Wildman–Crippen LogP) is 1.52. The highest BCUT2D eigenvalue weighted by Crippen LogP contribution is 2.63. The number of carbonyl (C=O) groups is 3.